The summed E-state index contributed by atoms with van der Waals surface area (Å²) in [4.78, 5) is 0. The van der Waals surface area contributed by atoms with Crippen LogP contribution in [-0.2, 0) is 0 Å². The molecule has 0 nitrogen and oxygen atoms in total. The number of rotatable bonds is 8. The van der Waals surface area contributed by atoms with Crippen molar-refractivity contribution in [3.8, 4) is 0 Å². The van der Waals surface area contributed by atoms with E-state index in [0.29, 0.717) is 0 Å². The predicted molar refractivity (Wildman–Crippen MR) is 73.5 cm³/mol. The van der Waals surface area contributed by atoms with E-state index in [9.17, 15) is 0 Å². The largest absolute Gasteiger partial charge is 0.0625 e. The lowest BCUT2D eigenvalue weighted by Gasteiger charge is -2.27. The highest BCUT2D eigenvalue weighted by Gasteiger charge is 2.22. The van der Waals surface area contributed by atoms with Gasteiger partial charge in [0.25, 0.3) is 0 Å². The van der Waals surface area contributed by atoms with Crippen LogP contribution in [-0.4, -0.2) is 0 Å². The van der Waals surface area contributed by atoms with E-state index in [4.69, 9.17) is 0 Å². The van der Waals surface area contributed by atoms with Crippen LogP contribution in [0.25, 0.3) is 0 Å². The van der Waals surface area contributed by atoms with Crippen LogP contribution in [0.2, 0.25) is 0 Å². The highest BCUT2D eigenvalue weighted by Crippen LogP contribution is 2.35. The summed E-state index contributed by atoms with van der Waals surface area (Å²) in [5.74, 6) is 4.69. The minimum absolute atomic E-state index is 0.853. The minimum Gasteiger partial charge on any atom is -0.0625 e. The molecular formula is C16H32. The van der Waals surface area contributed by atoms with Crippen molar-refractivity contribution in [2.45, 2.75) is 73.1 Å². The summed E-state index contributed by atoms with van der Waals surface area (Å²) in [6.45, 7) is 12.0. The van der Waals surface area contributed by atoms with Gasteiger partial charge in [0.15, 0.2) is 0 Å². The summed E-state index contributed by atoms with van der Waals surface area (Å²) >= 11 is 0. The molecule has 1 atom stereocenters. The molecule has 0 aliphatic heterocycles. The smallest absolute Gasteiger partial charge is 0.0365 e. The van der Waals surface area contributed by atoms with Crippen molar-refractivity contribution >= 4 is 0 Å². The zero-order valence-corrected chi connectivity index (χ0v) is 12.1. The molecule has 1 saturated carbocycles. The molecule has 0 aromatic heterocycles. The molecule has 0 aromatic carbocycles. The molecule has 0 heteroatoms. The summed E-state index contributed by atoms with van der Waals surface area (Å²) < 4.78 is 0. The van der Waals surface area contributed by atoms with E-state index in [1.807, 2.05) is 0 Å². The van der Waals surface area contributed by atoms with Crippen LogP contribution in [0.4, 0.5) is 0 Å². The first-order valence-corrected chi connectivity index (χ1v) is 7.50. The molecule has 0 aromatic rings. The zero-order chi connectivity index (χ0) is 12.1. The monoisotopic (exact) mass is 224 g/mol. The van der Waals surface area contributed by atoms with Crippen molar-refractivity contribution in [2.24, 2.45) is 29.6 Å². The fourth-order valence-corrected chi connectivity index (χ4v) is 3.06. The summed E-state index contributed by atoms with van der Waals surface area (Å²) in [7, 11) is 0. The van der Waals surface area contributed by atoms with Gasteiger partial charge in [-0.15, -0.1) is 0 Å². The molecule has 96 valence electrons. The topological polar surface area (TPSA) is 0 Å². The first-order chi connectivity index (χ1) is 7.50. The number of hydrogen-bond donors (Lipinski definition) is 0. The Morgan fingerprint density at radius 3 is 1.94 bits per heavy atom. The Morgan fingerprint density at radius 2 is 1.50 bits per heavy atom. The Bertz CT molecular complexity index is 168. The van der Waals surface area contributed by atoms with Gasteiger partial charge in [-0.05, 0) is 36.0 Å². The molecule has 16 heavy (non-hydrogen) atoms. The standard InChI is InChI=1S/C16H32/c1-12(2)16(13(3)4)11-14(5)7-6-8-15-9-10-15/h12-16H,6-11H2,1-5H3. The van der Waals surface area contributed by atoms with Gasteiger partial charge >= 0.3 is 0 Å². The van der Waals surface area contributed by atoms with Crippen LogP contribution in [0.15, 0.2) is 0 Å². The van der Waals surface area contributed by atoms with Gasteiger partial charge in [-0.25, -0.2) is 0 Å². The molecule has 0 N–H and O–H groups in total. The summed E-state index contributed by atoms with van der Waals surface area (Å²) in [6, 6.07) is 0. The molecular weight excluding hydrogens is 192 g/mol. The second-order valence-corrected chi connectivity index (χ2v) is 6.87. The Hall–Kier alpha value is 0. The highest BCUT2D eigenvalue weighted by atomic mass is 14.3. The first-order valence-electron chi connectivity index (χ1n) is 7.50. The van der Waals surface area contributed by atoms with Crippen LogP contribution in [0.5, 0.6) is 0 Å². The lowest BCUT2D eigenvalue weighted by atomic mass is 9.78. The molecule has 0 amide bonds. The van der Waals surface area contributed by atoms with Crippen LogP contribution >= 0.6 is 0 Å². The van der Waals surface area contributed by atoms with Gasteiger partial charge in [-0.2, -0.15) is 0 Å². The van der Waals surface area contributed by atoms with Gasteiger partial charge in [-0.1, -0.05) is 66.7 Å². The van der Waals surface area contributed by atoms with Crippen LogP contribution in [0, 0.1) is 29.6 Å². The Kier molecular flexibility index (Phi) is 5.86. The van der Waals surface area contributed by atoms with Crippen molar-refractivity contribution in [1.29, 1.82) is 0 Å². The normalized spacial score (nSPS) is 18.8. The Balaban J connectivity index is 2.15. The van der Waals surface area contributed by atoms with E-state index in [1.54, 1.807) is 0 Å². The average molecular weight is 224 g/mol. The third kappa shape index (κ3) is 5.37. The molecule has 0 bridgehead atoms. The van der Waals surface area contributed by atoms with Crippen molar-refractivity contribution in [3.05, 3.63) is 0 Å². The molecule has 1 unspecified atom stereocenters. The molecule has 0 heterocycles. The fourth-order valence-electron chi connectivity index (χ4n) is 3.06. The van der Waals surface area contributed by atoms with Crippen molar-refractivity contribution in [2.75, 3.05) is 0 Å². The third-order valence-electron chi connectivity index (χ3n) is 4.39. The lowest BCUT2D eigenvalue weighted by Crippen LogP contribution is -2.18. The summed E-state index contributed by atoms with van der Waals surface area (Å²) in [6.07, 6.45) is 8.95. The van der Waals surface area contributed by atoms with E-state index < -0.39 is 0 Å². The number of hydrogen-bond acceptors (Lipinski definition) is 0. The summed E-state index contributed by atoms with van der Waals surface area (Å²) in [5, 5.41) is 0. The molecule has 0 saturated heterocycles. The minimum atomic E-state index is 0.853. The average Bonchev–Trinajstić information content (AvgIpc) is 2.97. The Labute approximate surface area is 103 Å². The fraction of sp³-hybridized carbons (Fsp3) is 1.00. The molecule has 1 rings (SSSR count). The van der Waals surface area contributed by atoms with Gasteiger partial charge in [-0.3, -0.25) is 0 Å². The molecule has 1 aliphatic rings. The van der Waals surface area contributed by atoms with Gasteiger partial charge in [0.1, 0.15) is 0 Å². The molecule has 0 spiro atoms. The quantitative estimate of drug-likeness (QED) is 0.509. The van der Waals surface area contributed by atoms with E-state index in [0.717, 1.165) is 29.6 Å². The molecule has 1 aliphatic carbocycles. The summed E-state index contributed by atoms with van der Waals surface area (Å²) in [5.41, 5.74) is 0. The first kappa shape index (κ1) is 14.1. The zero-order valence-electron chi connectivity index (χ0n) is 12.1. The maximum absolute atomic E-state index is 2.46. The molecule has 0 radical (unpaired) electrons. The van der Waals surface area contributed by atoms with Crippen LogP contribution in [0.1, 0.15) is 73.1 Å². The lowest BCUT2D eigenvalue weighted by molar-refractivity contribution is 0.227. The van der Waals surface area contributed by atoms with Crippen molar-refractivity contribution in [1.82, 2.24) is 0 Å². The van der Waals surface area contributed by atoms with Gasteiger partial charge in [0.05, 0.1) is 0 Å². The van der Waals surface area contributed by atoms with E-state index in [-0.39, 0.29) is 0 Å². The third-order valence-corrected chi connectivity index (χ3v) is 4.39. The second-order valence-electron chi connectivity index (χ2n) is 6.87. The maximum Gasteiger partial charge on any atom is -0.0365 e. The second kappa shape index (κ2) is 6.67. The van der Waals surface area contributed by atoms with Crippen molar-refractivity contribution in [3.63, 3.8) is 0 Å². The van der Waals surface area contributed by atoms with Crippen LogP contribution < -0.4 is 0 Å². The Morgan fingerprint density at radius 1 is 0.938 bits per heavy atom. The van der Waals surface area contributed by atoms with Crippen LogP contribution in [0.3, 0.4) is 0 Å². The van der Waals surface area contributed by atoms with E-state index in [1.165, 1.54) is 38.5 Å². The van der Waals surface area contributed by atoms with Gasteiger partial charge < -0.3 is 0 Å². The maximum atomic E-state index is 2.46. The van der Waals surface area contributed by atoms with E-state index >= 15 is 0 Å². The highest BCUT2D eigenvalue weighted by molar-refractivity contribution is 4.74. The van der Waals surface area contributed by atoms with E-state index in [2.05, 4.69) is 34.6 Å². The SMILES string of the molecule is CC(CCCC1CC1)CC(C(C)C)C(C)C. The van der Waals surface area contributed by atoms with Gasteiger partial charge in [0.2, 0.25) is 0 Å². The van der Waals surface area contributed by atoms with Gasteiger partial charge in [0, 0.05) is 0 Å². The molecule has 1 fully saturated rings. The predicted octanol–water partition coefficient (Wildman–Crippen LogP) is 5.52. The van der Waals surface area contributed by atoms with Crippen molar-refractivity contribution < 1.29 is 0 Å².